The molecule has 3 unspecified atom stereocenters. The van der Waals surface area contributed by atoms with E-state index in [1.54, 1.807) is 0 Å². The van der Waals surface area contributed by atoms with Crippen molar-refractivity contribution in [3.63, 3.8) is 0 Å². The van der Waals surface area contributed by atoms with Gasteiger partial charge in [-0.15, -0.1) is 0 Å². The summed E-state index contributed by atoms with van der Waals surface area (Å²) in [4.78, 5) is 26.0. The summed E-state index contributed by atoms with van der Waals surface area (Å²) in [7, 11) is 0. The lowest BCUT2D eigenvalue weighted by atomic mass is 10.0. The molecule has 328 valence electrons. The highest BCUT2D eigenvalue weighted by Crippen LogP contribution is 2.16. The molecule has 6 heteroatoms. The van der Waals surface area contributed by atoms with Crippen LogP contribution in [0.3, 0.4) is 0 Å². The topological polar surface area (TPSA) is 95.9 Å². The number of aliphatic hydroxyl groups excluding tert-OH is 2. The van der Waals surface area contributed by atoms with E-state index in [-0.39, 0.29) is 24.9 Å². The first-order valence-corrected chi connectivity index (χ1v) is 23.2. The monoisotopic (exact) mass is 804 g/mol. The summed E-state index contributed by atoms with van der Waals surface area (Å²) in [6.45, 7) is 6.14. The molecule has 1 amide bonds. The van der Waals surface area contributed by atoms with Crippen molar-refractivity contribution in [1.29, 1.82) is 0 Å². The molecule has 0 saturated heterocycles. The van der Waals surface area contributed by atoms with Gasteiger partial charge in [-0.1, -0.05) is 220 Å². The van der Waals surface area contributed by atoms with E-state index in [0.29, 0.717) is 19.3 Å². The highest BCUT2D eigenvalue weighted by Gasteiger charge is 2.24. The Bertz CT molecular complexity index is 1220. The van der Waals surface area contributed by atoms with E-state index in [9.17, 15) is 19.8 Å². The summed E-state index contributed by atoms with van der Waals surface area (Å²) in [5.74, 6) is -0.587. The molecule has 3 atom stereocenters. The Hall–Kier alpha value is -3.48. The summed E-state index contributed by atoms with van der Waals surface area (Å²) >= 11 is 0. The van der Waals surface area contributed by atoms with Gasteiger partial charge < -0.3 is 20.3 Å². The third-order valence-corrected chi connectivity index (χ3v) is 9.82. The fourth-order valence-corrected chi connectivity index (χ4v) is 6.35. The Morgan fingerprint density at radius 2 is 0.948 bits per heavy atom. The number of unbranched alkanes of at least 4 members (excludes halogenated alkanes) is 16. The van der Waals surface area contributed by atoms with Crippen molar-refractivity contribution in [3.05, 3.63) is 109 Å². The number of rotatable bonds is 39. The summed E-state index contributed by atoms with van der Waals surface area (Å²) in [5.41, 5.74) is 0. The molecule has 0 aromatic carbocycles. The number of carbonyl (C=O) groups excluding carboxylic acids is 2. The molecule has 0 bridgehead atoms. The molecule has 0 rings (SSSR count). The van der Waals surface area contributed by atoms with Crippen LogP contribution in [0.25, 0.3) is 0 Å². The number of amides is 1. The third kappa shape index (κ3) is 39.4. The average molecular weight is 804 g/mol. The lowest BCUT2D eigenvalue weighted by Crippen LogP contribution is -2.46. The Balaban J connectivity index is 4.83. The van der Waals surface area contributed by atoms with Gasteiger partial charge >= 0.3 is 5.97 Å². The molecule has 0 aliphatic heterocycles. The van der Waals surface area contributed by atoms with Crippen molar-refractivity contribution in [3.8, 4) is 0 Å². The van der Waals surface area contributed by atoms with Crippen LogP contribution in [0.5, 0.6) is 0 Å². The maximum atomic E-state index is 13.1. The lowest BCUT2D eigenvalue weighted by Gasteiger charge is -2.24. The first kappa shape index (κ1) is 54.5. The molecule has 0 aliphatic rings. The molecule has 0 aliphatic carbocycles. The van der Waals surface area contributed by atoms with Gasteiger partial charge in [0.2, 0.25) is 5.91 Å². The van der Waals surface area contributed by atoms with Crippen molar-refractivity contribution in [1.82, 2.24) is 5.32 Å². The van der Waals surface area contributed by atoms with Crippen LogP contribution in [0.15, 0.2) is 109 Å². The highest BCUT2D eigenvalue weighted by molar-refractivity contribution is 5.77. The Morgan fingerprint density at radius 1 is 0.517 bits per heavy atom. The standard InChI is InChI=1S/C52H85NO5/c1-4-7-10-13-16-19-22-24-25-27-29-31-34-37-40-43-48(58-52(57)45-42-39-36-33-30-26-23-20-17-14-11-8-5-2)46-51(56)53-49(47-54)50(55)44-41-38-35-32-28-21-18-15-12-9-6-3/h7-8,10-11,13-14,16-17,19-20,22-25,27,29,31,34,48-50,54-55H,4-6,9,12,15,18,21,26,28,30,32-33,35-47H2,1-3H3,(H,53,56)/b10-7-,11-8+,16-13+,17-14+,22-19+,23-20-,25-24-,29-27+,34-31+. The van der Waals surface area contributed by atoms with Gasteiger partial charge in [-0.2, -0.15) is 0 Å². The molecular formula is C52H85NO5. The zero-order valence-electron chi connectivity index (χ0n) is 37.1. The summed E-state index contributed by atoms with van der Waals surface area (Å²) in [5, 5.41) is 23.6. The minimum atomic E-state index is -0.816. The first-order chi connectivity index (χ1) is 28.5. The van der Waals surface area contributed by atoms with Crippen LogP contribution in [0.1, 0.15) is 181 Å². The highest BCUT2D eigenvalue weighted by atomic mass is 16.5. The van der Waals surface area contributed by atoms with Gasteiger partial charge in [-0.25, -0.2) is 0 Å². The van der Waals surface area contributed by atoms with Crippen LogP contribution in [-0.4, -0.2) is 46.9 Å². The number of hydrogen-bond acceptors (Lipinski definition) is 5. The van der Waals surface area contributed by atoms with Crippen LogP contribution < -0.4 is 5.32 Å². The molecule has 0 aromatic rings. The molecule has 0 fully saturated rings. The Morgan fingerprint density at radius 3 is 1.45 bits per heavy atom. The number of nitrogens with one attached hydrogen (secondary N) is 1. The van der Waals surface area contributed by atoms with E-state index in [1.807, 2.05) is 60.8 Å². The molecule has 0 heterocycles. The lowest BCUT2D eigenvalue weighted by molar-refractivity contribution is -0.151. The fraction of sp³-hybridized carbons (Fsp3) is 0.615. The average Bonchev–Trinajstić information content (AvgIpc) is 3.22. The second-order valence-corrected chi connectivity index (χ2v) is 15.3. The van der Waals surface area contributed by atoms with Crippen LogP contribution >= 0.6 is 0 Å². The summed E-state index contributed by atoms with van der Waals surface area (Å²) in [6, 6.07) is -0.736. The number of carbonyl (C=O) groups is 2. The van der Waals surface area contributed by atoms with Crippen molar-refractivity contribution in [2.24, 2.45) is 0 Å². The van der Waals surface area contributed by atoms with Crippen molar-refractivity contribution in [2.75, 3.05) is 6.61 Å². The molecule has 6 nitrogen and oxygen atoms in total. The van der Waals surface area contributed by atoms with E-state index < -0.39 is 18.2 Å². The van der Waals surface area contributed by atoms with E-state index >= 15 is 0 Å². The minimum absolute atomic E-state index is 0.0109. The SMILES string of the molecule is CC\C=C/C=C/C=C/C=C\C=C\C=C\CCCC(CC(=O)NC(CO)C(O)CCCCCCCCCCCCC)OC(=O)CCCCCCC\C=C/C=C/C=C/CC. The van der Waals surface area contributed by atoms with E-state index in [1.165, 1.54) is 51.4 Å². The minimum Gasteiger partial charge on any atom is -0.462 e. The van der Waals surface area contributed by atoms with Gasteiger partial charge in [0.15, 0.2) is 0 Å². The van der Waals surface area contributed by atoms with E-state index in [0.717, 1.165) is 83.5 Å². The van der Waals surface area contributed by atoms with Gasteiger partial charge in [0, 0.05) is 6.42 Å². The summed E-state index contributed by atoms with van der Waals surface area (Å²) < 4.78 is 5.86. The predicted molar refractivity (Wildman–Crippen MR) is 250 cm³/mol. The fourth-order valence-electron chi connectivity index (χ4n) is 6.35. The number of hydrogen-bond donors (Lipinski definition) is 3. The number of aliphatic hydroxyl groups is 2. The molecule has 58 heavy (non-hydrogen) atoms. The molecular weight excluding hydrogens is 719 g/mol. The van der Waals surface area contributed by atoms with Gasteiger partial charge in [0.1, 0.15) is 6.10 Å². The Kier molecular flexibility index (Phi) is 41.9. The maximum absolute atomic E-state index is 13.1. The molecule has 0 saturated carbocycles. The first-order valence-electron chi connectivity index (χ1n) is 23.2. The second-order valence-electron chi connectivity index (χ2n) is 15.3. The van der Waals surface area contributed by atoms with Crippen LogP contribution in [0.4, 0.5) is 0 Å². The van der Waals surface area contributed by atoms with Crippen molar-refractivity contribution in [2.45, 2.75) is 200 Å². The smallest absolute Gasteiger partial charge is 0.306 e. The zero-order chi connectivity index (χ0) is 42.4. The van der Waals surface area contributed by atoms with E-state index in [2.05, 4.69) is 74.7 Å². The largest absolute Gasteiger partial charge is 0.462 e. The van der Waals surface area contributed by atoms with Gasteiger partial charge in [-0.3, -0.25) is 9.59 Å². The number of ether oxygens (including phenoxy) is 1. The molecule has 0 radical (unpaired) electrons. The second kappa shape index (κ2) is 44.6. The molecule has 0 aromatic heterocycles. The van der Waals surface area contributed by atoms with E-state index in [4.69, 9.17) is 4.74 Å². The Labute approximate surface area is 356 Å². The quantitative estimate of drug-likeness (QED) is 0.0327. The zero-order valence-corrected chi connectivity index (χ0v) is 37.1. The van der Waals surface area contributed by atoms with Gasteiger partial charge in [0.25, 0.3) is 0 Å². The number of allylic oxidation sites excluding steroid dienone is 18. The third-order valence-electron chi connectivity index (χ3n) is 9.82. The van der Waals surface area contributed by atoms with Crippen LogP contribution in [0.2, 0.25) is 0 Å². The predicted octanol–water partition coefficient (Wildman–Crippen LogP) is 13.6. The molecule has 3 N–H and O–H groups in total. The number of esters is 1. The van der Waals surface area contributed by atoms with Crippen LogP contribution in [-0.2, 0) is 14.3 Å². The normalized spacial score (nSPS) is 14.4. The van der Waals surface area contributed by atoms with Crippen LogP contribution in [0, 0.1) is 0 Å². The van der Waals surface area contributed by atoms with Gasteiger partial charge in [0.05, 0.1) is 25.2 Å². The van der Waals surface area contributed by atoms with Gasteiger partial charge in [-0.05, 0) is 57.8 Å². The van der Waals surface area contributed by atoms with Crippen molar-refractivity contribution < 1.29 is 24.5 Å². The molecule has 0 spiro atoms. The van der Waals surface area contributed by atoms with Crippen molar-refractivity contribution >= 4 is 11.9 Å². The summed E-state index contributed by atoms with van der Waals surface area (Å²) in [6.07, 6.45) is 60.0. The maximum Gasteiger partial charge on any atom is 0.306 e.